The van der Waals surface area contributed by atoms with Gasteiger partial charge >= 0.3 is 0 Å². The van der Waals surface area contributed by atoms with Gasteiger partial charge in [0, 0.05) is 36.7 Å². The molecule has 1 aliphatic carbocycles. The summed E-state index contributed by atoms with van der Waals surface area (Å²) in [4.78, 5) is 25.9. The summed E-state index contributed by atoms with van der Waals surface area (Å²) in [6, 6.07) is 7.58. The first kappa shape index (κ1) is 11.2. The predicted molar refractivity (Wildman–Crippen MR) is 68.4 cm³/mol. The molecule has 1 aliphatic heterocycles. The smallest absolute Gasteiger partial charge is 0.246 e. The first-order chi connectivity index (χ1) is 8.75. The van der Waals surface area contributed by atoms with Crippen molar-refractivity contribution in [2.75, 3.05) is 13.1 Å². The number of hydrogen-bond acceptors (Lipinski definition) is 2. The summed E-state index contributed by atoms with van der Waals surface area (Å²) < 4.78 is 0. The molecule has 3 heteroatoms. The Morgan fingerprint density at radius 3 is 2.61 bits per heavy atom. The predicted octanol–water partition coefficient (Wildman–Crippen LogP) is 1.97. The monoisotopic (exact) mass is 241 g/mol. The average Bonchev–Trinajstić information content (AvgIpc) is 3.00. The van der Waals surface area contributed by atoms with E-state index >= 15 is 0 Å². The lowest BCUT2D eigenvalue weighted by molar-refractivity contribution is -0.125. The molecule has 0 unspecified atom stereocenters. The number of carbonyl (C=O) groups excluding carboxylic acids is 2. The van der Waals surface area contributed by atoms with E-state index in [-0.39, 0.29) is 11.7 Å². The molecule has 2 aliphatic rings. The van der Waals surface area contributed by atoms with Gasteiger partial charge in [-0.3, -0.25) is 9.59 Å². The van der Waals surface area contributed by atoms with E-state index < -0.39 is 0 Å². The van der Waals surface area contributed by atoms with E-state index in [1.165, 1.54) is 6.08 Å². The number of carbonyl (C=O) groups is 2. The summed E-state index contributed by atoms with van der Waals surface area (Å²) in [5, 5.41) is 0. The highest BCUT2D eigenvalue weighted by molar-refractivity contribution is 6.15. The van der Waals surface area contributed by atoms with Crippen LogP contribution in [0.15, 0.2) is 35.9 Å². The fourth-order valence-electron chi connectivity index (χ4n) is 2.65. The topological polar surface area (TPSA) is 37.4 Å². The van der Waals surface area contributed by atoms with Crippen molar-refractivity contribution in [1.29, 1.82) is 0 Å². The Balaban J connectivity index is 1.83. The van der Waals surface area contributed by atoms with E-state index in [0.29, 0.717) is 12.0 Å². The van der Waals surface area contributed by atoms with E-state index in [0.717, 1.165) is 37.1 Å². The van der Waals surface area contributed by atoms with Crippen LogP contribution < -0.4 is 0 Å². The van der Waals surface area contributed by atoms with Gasteiger partial charge in [-0.1, -0.05) is 24.3 Å². The van der Waals surface area contributed by atoms with Crippen molar-refractivity contribution < 1.29 is 9.59 Å². The Morgan fingerprint density at radius 2 is 1.89 bits per heavy atom. The van der Waals surface area contributed by atoms with E-state index in [4.69, 9.17) is 0 Å². The molecule has 0 N–H and O–H groups in total. The zero-order valence-electron chi connectivity index (χ0n) is 10.2. The molecular weight excluding hydrogens is 226 g/mol. The zero-order valence-corrected chi connectivity index (χ0v) is 10.2. The summed E-state index contributed by atoms with van der Waals surface area (Å²) in [7, 11) is 0. The molecule has 0 aromatic heterocycles. The normalized spacial score (nSPS) is 20.6. The van der Waals surface area contributed by atoms with E-state index in [2.05, 4.69) is 0 Å². The van der Waals surface area contributed by atoms with Gasteiger partial charge in [0.25, 0.3) is 0 Å². The molecule has 0 saturated carbocycles. The Labute approximate surface area is 106 Å². The second-order valence-corrected chi connectivity index (χ2v) is 4.87. The van der Waals surface area contributed by atoms with Crippen LogP contribution in [0.1, 0.15) is 28.8 Å². The quantitative estimate of drug-likeness (QED) is 0.705. The van der Waals surface area contributed by atoms with Gasteiger partial charge in [0.1, 0.15) is 0 Å². The van der Waals surface area contributed by atoms with Crippen LogP contribution >= 0.6 is 0 Å². The minimum atomic E-state index is -0.0105. The Morgan fingerprint density at radius 1 is 1.17 bits per heavy atom. The number of fused-ring (bicyclic) bond motifs is 1. The van der Waals surface area contributed by atoms with Crippen molar-refractivity contribution >= 4 is 11.7 Å². The summed E-state index contributed by atoms with van der Waals surface area (Å²) in [5.41, 5.74) is 2.41. The van der Waals surface area contributed by atoms with Gasteiger partial charge in [-0.15, -0.1) is 0 Å². The molecule has 1 amide bonds. The fourth-order valence-corrected chi connectivity index (χ4v) is 2.65. The third-order valence-corrected chi connectivity index (χ3v) is 3.65. The van der Waals surface area contributed by atoms with Crippen molar-refractivity contribution in [2.24, 2.45) is 0 Å². The maximum Gasteiger partial charge on any atom is 0.246 e. The minimum absolute atomic E-state index is 0.0105. The lowest BCUT2D eigenvalue weighted by atomic mass is 10.1. The third-order valence-electron chi connectivity index (χ3n) is 3.65. The van der Waals surface area contributed by atoms with E-state index in [1.807, 2.05) is 29.2 Å². The lowest BCUT2D eigenvalue weighted by Gasteiger charge is -2.12. The van der Waals surface area contributed by atoms with Crippen LogP contribution in [-0.4, -0.2) is 29.7 Å². The largest absolute Gasteiger partial charge is 0.339 e. The van der Waals surface area contributed by atoms with Crippen LogP contribution in [0.4, 0.5) is 0 Å². The molecule has 0 atom stereocenters. The first-order valence-corrected chi connectivity index (χ1v) is 6.38. The Hall–Kier alpha value is -1.90. The summed E-state index contributed by atoms with van der Waals surface area (Å²) in [6.45, 7) is 1.65. The number of ketones is 1. The Bertz CT molecular complexity index is 539. The van der Waals surface area contributed by atoms with Crippen LogP contribution in [0.2, 0.25) is 0 Å². The second-order valence-electron chi connectivity index (χ2n) is 4.87. The zero-order chi connectivity index (χ0) is 12.5. The molecule has 1 heterocycles. The van der Waals surface area contributed by atoms with Gasteiger partial charge in [-0.2, -0.15) is 0 Å². The summed E-state index contributed by atoms with van der Waals surface area (Å²) in [6.07, 6.45) is 4.27. The highest BCUT2D eigenvalue weighted by atomic mass is 16.2. The molecule has 1 aromatic rings. The second kappa shape index (κ2) is 4.41. The molecule has 0 radical (unpaired) electrons. The molecule has 18 heavy (non-hydrogen) atoms. The van der Waals surface area contributed by atoms with Gasteiger partial charge in [0.05, 0.1) is 0 Å². The number of likely N-dealkylation sites (tertiary alicyclic amines) is 1. The van der Waals surface area contributed by atoms with Crippen molar-refractivity contribution in [3.8, 4) is 0 Å². The van der Waals surface area contributed by atoms with Gasteiger partial charge < -0.3 is 4.90 Å². The highest BCUT2D eigenvalue weighted by Gasteiger charge is 2.26. The highest BCUT2D eigenvalue weighted by Crippen LogP contribution is 2.26. The van der Waals surface area contributed by atoms with Crippen LogP contribution in [0, 0.1) is 0 Å². The van der Waals surface area contributed by atoms with Crippen LogP contribution in [0.5, 0.6) is 0 Å². The van der Waals surface area contributed by atoms with Gasteiger partial charge in [-0.25, -0.2) is 0 Å². The van der Waals surface area contributed by atoms with E-state index in [9.17, 15) is 9.59 Å². The maximum atomic E-state index is 12.1. The number of allylic oxidation sites excluding steroid dienone is 1. The summed E-state index contributed by atoms with van der Waals surface area (Å²) in [5.74, 6) is 0.00167. The standard InChI is InChI=1S/C15H15NO2/c17-14(16-7-3-4-8-16)10-12-9-11-5-1-2-6-13(11)15(12)18/h1-2,5-6,10H,3-4,7-9H2. The number of amides is 1. The van der Waals surface area contributed by atoms with Crippen LogP contribution in [-0.2, 0) is 11.2 Å². The SMILES string of the molecule is O=C1C(=CC(=O)N2CCCC2)Cc2ccccc21. The molecule has 1 aromatic carbocycles. The first-order valence-electron chi connectivity index (χ1n) is 6.38. The Kier molecular flexibility index (Phi) is 2.74. The fraction of sp³-hybridized carbons (Fsp3) is 0.333. The number of nitrogens with zero attached hydrogens (tertiary/aromatic N) is 1. The summed E-state index contributed by atoms with van der Waals surface area (Å²) >= 11 is 0. The van der Waals surface area contributed by atoms with Gasteiger partial charge in [-0.05, 0) is 18.4 Å². The molecule has 1 saturated heterocycles. The van der Waals surface area contributed by atoms with Gasteiger partial charge in [0.2, 0.25) is 5.91 Å². The van der Waals surface area contributed by atoms with Gasteiger partial charge in [0.15, 0.2) is 5.78 Å². The molecule has 1 fully saturated rings. The lowest BCUT2D eigenvalue weighted by Crippen LogP contribution is -2.26. The number of hydrogen-bond donors (Lipinski definition) is 0. The number of rotatable bonds is 1. The maximum absolute atomic E-state index is 12.1. The van der Waals surface area contributed by atoms with E-state index in [1.54, 1.807) is 0 Å². The van der Waals surface area contributed by atoms with Crippen LogP contribution in [0.3, 0.4) is 0 Å². The van der Waals surface area contributed by atoms with Crippen LogP contribution in [0.25, 0.3) is 0 Å². The number of Topliss-reactive ketones (excluding diaryl/α,β-unsaturated/α-hetero) is 1. The van der Waals surface area contributed by atoms with Crippen molar-refractivity contribution in [2.45, 2.75) is 19.3 Å². The van der Waals surface area contributed by atoms with Crippen molar-refractivity contribution in [3.63, 3.8) is 0 Å². The molecule has 3 nitrogen and oxygen atoms in total. The van der Waals surface area contributed by atoms with Crippen molar-refractivity contribution in [3.05, 3.63) is 47.0 Å². The molecule has 92 valence electrons. The molecular formula is C15H15NO2. The minimum Gasteiger partial charge on any atom is -0.339 e. The molecule has 3 rings (SSSR count). The molecule has 0 spiro atoms. The third kappa shape index (κ3) is 1.86. The van der Waals surface area contributed by atoms with Crippen molar-refractivity contribution in [1.82, 2.24) is 4.90 Å². The average molecular weight is 241 g/mol. The molecule has 0 bridgehead atoms. The number of benzene rings is 1.